The summed E-state index contributed by atoms with van der Waals surface area (Å²) in [7, 11) is 5.23. The molecule has 2 aliphatic heterocycles. The third kappa shape index (κ3) is 7.77. The molecule has 0 radical (unpaired) electrons. The maximum atomic E-state index is 13.3. The zero-order valence-corrected chi connectivity index (χ0v) is 26.8. The molecule has 45 heavy (non-hydrogen) atoms. The maximum Gasteiger partial charge on any atom is 0.318 e. The van der Waals surface area contributed by atoms with Crippen molar-refractivity contribution >= 4 is 45.1 Å². The van der Waals surface area contributed by atoms with Gasteiger partial charge in [-0.15, -0.1) is 0 Å². The molecule has 236 valence electrons. The van der Waals surface area contributed by atoms with Crippen molar-refractivity contribution in [3.63, 3.8) is 0 Å². The van der Waals surface area contributed by atoms with Crippen LogP contribution in [0.2, 0.25) is 5.02 Å². The summed E-state index contributed by atoms with van der Waals surface area (Å²) in [5.41, 5.74) is 2.68. The molecule has 1 amide bonds. The van der Waals surface area contributed by atoms with Gasteiger partial charge in [-0.05, 0) is 56.1 Å². The number of nitrogens with zero attached hydrogens (tertiary/aromatic N) is 7. The van der Waals surface area contributed by atoms with Crippen LogP contribution in [0.5, 0.6) is 11.9 Å². The van der Waals surface area contributed by atoms with E-state index in [9.17, 15) is 9.18 Å². The van der Waals surface area contributed by atoms with Gasteiger partial charge in [0.05, 0.1) is 25.8 Å². The first kappa shape index (κ1) is 33.4. The second-order valence-corrected chi connectivity index (χ2v) is 10.9. The summed E-state index contributed by atoms with van der Waals surface area (Å²) < 4.78 is 24.4. The average molecular weight is 634 g/mol. The number of carbonyl (C=O) groups is 1. The van der Waals surface area contributed by atoms with E-state index in [2.05, 4.69) is 28.5 Å². The van der Waals surface area contributed by atoms with Crippen molar-refractivity contribution in [2.75, 3.05) is 65.4 Å². The summed E-state index contributed by atoms with van der Waals surface area (Å²) in [6.45, 7) is 8.67. The Morgan fingerprint density at radius 3 is 2.18 bits per heavy atom. The lowest BCUT2D eigenvalue weighted by Crippen LogP contribution is -2.49. The normalized spacial score (nSPS) is 14.6. The minimum Gasteiger partial charge on any atom is -0.481 e. The maximum absolute atomic E-state index is 13.3. The van der Waals surface area contributed by atoms with Crippen molar-refractivity contribution in [2.45, 2.75) is 19.8 Å². The number of pyridine rings is 1. The third-order valence-electron chi connectivity index (χ3n) is 7.54. The summed E-state index contributed by atoms with van der Waals surface area (Å²) in [5, 5.41) is 9.82. The fourth-order valence-electron chi connectivity index (χ4n) is 5.36. The second kappa shape index (κ2) is 15.5. The summed E-state index contributed by atoms with van der Waals surface area (Å²) in [6.07, 6.45) is 2.83. The number of nitriles is 1. The van der Waals surface area contributed by atoms with Crippen LogP contribution < -0.4 is 14.4 Å². The van der Waals surface area contributed by atoms with E-state index < -0.39 is 11.7 Å². The summed E-state index contributed by atoms with van der Waals surface area (Å²) >= 11 is 6.58. The molecule has 2 saturated heterocycles. The molecule has 2 aromatic carbocycles. The van der Waals surface area contributed by atoms with Crippen molar-refractivity contribution in [3.05, 3.63) is 59.9 Å². The average Bonchev–Trinajstić information content (AvgIpc) is 3.54. The number of hydrogen-bond acceptors (Lipinski definition) is 9. The molecule has 2 fully saturated rings. The summed E-state index contributed by atoms with van der Waals surface area (Å²) in [4.78, 5) is 31.6. The number of halogens is 2. The lowest BCUT2D eigenvalue weighted by atomic mass is 9.98. The zero-order valence-electron chi connectivity index (χ0n) is 26.0. The largest absolute Gasteiger partial charge is 0.481 e. The van der Waals surface area contributed by atoms with E-state index in [1.54, 1.807) is 13.2 Å². The quantitative estimate of drug-likeness (QED) is 0.249. The molecule has 0 bridgehead atoms. The van der Waals surface area contributed by atoms with Gasteiger partial charge in [0.2, 0.25) is 5.88 Å². The van der Waals surface area contributed by atoms with Crippen LogP contribution >= 0.6 is 11.6 Å². The SMILES string of the molecule is C=C(F)C(=O)N1CCN(c2nc(OC)nc3cc(-c4cccc5cccc(Cl)c45)c(OC)nc23)CC1.CC#N.CN1CCCC1. The molecule has 4 heterocycles. The highest BCUT2D eigenvalue weighted by molar-refractivity contribution is 6.36. The molecule has 10 nitrogen and oxygen atoms in total. The van der Waals surface area contributed by atoms with E-state index in [4.69, 9.17) is 31.3 Å². The first-order valence-electron chi connectivity index (χ1n) is 14.6. The minimum absolute atomic E-state index is 0.182. The first-order chi connectivity index (χ1) is 21.7. The van der Waals surface area contributed by atoms with Crippen molar-refractivity contribution < 1.29 is 18.7 Å². The molecule has 0 aliphatic carbocycles. The van der Waals surface area contributed by atoms with Crippen molar-refractivity contribution in [1.29, 1.82) is 5.26 Å². The number of likely N-dealkylation sites (tertiary alicyclic amines) is 1. The van der Waals surface area contributed by atoms with E-state index in [0.717, 1.165) is 21.9 Å². The predicted octanol–water partition coefficient (Wildman–Crippen LogP) is 5.89. The number of ether oxygens (including phenoxy) is 2. The second-order valence-electron chi connectivity index (χ2n) is 10.5. The van der Waals surface area contributed by atoms with Crippen LogP contribution in [0.25, 0.3) is 32.9 Å². The van der Waals surface area contributed by atoms with Crippen LogP contribution in [-0.2, 0) is 4.79 Å². The topological polar surface area (TPSA) is 108 Å². The molecule has 2 aromatic heterocycles. The Labute approximate surface area is 267 Å². The van der Waals surface area contributed by atoms with Crippen LogP contribution in [-0.4, -0.2) is 91.2 Å². The Hall–Kier alpha value is -4.53. The Morgan fingerprint density at radius 1 is 0.978 bits per heavy atom. The fraction of sp³-hybridized carbons (Fsp3) is 0.364. The molecule has 0 atom stereocenters. The number of fused-ring (bicyclic) bond motifs is 2. The van der Waals surface area contributed by atoms with Crippen LogP contribution in [0.3, 0.4) is 0 Å². The van der Waals surface area contributed by atoms with Crippen molar-refractivity contribution in [1.82, 2.24) is 24.8 Å². The Balaban J connectivity index is 0.000000446. The summed E-state index contributed by atoms with van der Waals surface area (Å²) in [6, 6.07) is 15.5. The summed E-state index contributed by atoms with van der Waals surface area (Å²) in [5.74, 6) is -0.723. The third-order valence-corrected chi connectivity index (χ3v) is 7.86. The van der Waals surface area contributed by atoms with Gasteiger partial charge in [0.1, 0.15) is 5.52 Å². The molecule has 0 spiro atoms. The highest BCUT2D eigenvalue weighted by atomic mass is 35.5. The van der Waals surface area contributed by atoms with E-state index >= 15 is 0 Å². The molecule has 0 unspecified atom stereocenters. The molecular weight excluding hydrogens is 597 g/mol. The zero-order chi connectivity index (χ0) is 32.5. The smallest absolute Gasteiger partial charge is 0.318 e. The number of anilines is 1. The number of piperazine rings is 1. The first-order valence-corrected chi connectivity index (χ1v) is 15.0. The van der Waals surface area contributed by atoms with Gasteiger partial charge in [-0.2, -0.15) is 15.2 Å². The van der Waals surface area contributed by atoms with Gasteiger partial charge in [0.15, 0.2) is 11.6 Å². The molecule has 12 heteroatoms. The molecule has 4 aromatic rings. The molecular formula is C33H37ClFN7O3. The van der Waals surface area contributed by atoms with Crippen molar-refractivity contribution in [2.24, 2.45) is 0 Å². The van der Waals surface area contributed by atoms with Crippen LogP contribution in [0, 0.1) is 11.3 Å². The lowest BCUT2D eigenvalue weighted by Gasteiger charge is -2.35. The molecule has 6 rings (SSSR count). The number of benzene rings is 2. The Bertz CT molecular complexity index is 1710. The van der Waals surface area contributed by atoms with E-state index in [1.807, 2.05) is 47.4 Å². The van der Waals surface area contributed by atoms with Crippen LogP contribution in [0.4, 0.5) is 10.2 Å². The van der Waals surface area contributed by atoms with Gasteiger partial charge in [0.25, 0.3) is 5.91 Å². The Morgan fingerprint density at radius 2 is 1.62 bits per heavy atom. The highest BCUT2D eigenvalue weighted by Gasteiger charge is 2.27. The molecule has 2 aliphatic rings. The van der Waals surface area contributed by atoms with E-state index in [0.29, 0.717) is 53.9 Å². The predicted molar refractivity (Wildman–Crippen MR) is 175 cm³/mol. The lowest BCUT2D eigenvalue weighted by molar-refractivity contribution is -0.128. The van der Waals surface area contributed by atoms with E-state index in [1.165, 1.54) is 44.9 Å². The molecule has 0 N–H and O–H groups in total. The standard InChI is InChI=1S/C26H23ClFN5O3.C5H11N.C2H3N/c1-15(28)25(34)33-12-10-32(11-13-33)23-22-20(29-26(31-23)36-3)14-18(24(30-22)35-2)17-8-4-6-16-7-5-9-19(27)21(16)17;1-6-4-2-3-5-6;1-2-3/h4-9,14H,1,10-13H2,2-3H3;2-5H2,1H3;1H3. The monoisotopic (exact) mass is 633 g/mol. The van der Waals surface area contributed by atoms with Crippen LogP contribution in [0.15, 0.2) is 54.9 Å². The number of rotatable bonds is 5. The van der Waals surface area contributed by atoms with Crippen LogP contribution in [0.1, 0.15) is 19.8 Å². The number of carbonyl (C=O) groups excluding carboxylic acids is 1. The number of amides is 1. The fourth-order valence-corrected chi connectivity index (χ4v) is 5.64. The van der Waals surface area contributed by atoms with Gasteiger partial charge < -0.3 is 24.2 Å². The van der Waals surface area contributed by atoms with Gasteiger partial charge in [-0.25, -0.2) is 9.37 Å². The highest BCUT2D eigenvalue weighted by Crippen LogP contribution is 2.40. The number of aromatic nitrogens is 3. The van der Waals surface area contributed by atoms with Gasteiger partial charge in [-0.1, -0.05) is 48.5 Å². The minimum atomic E-state index is -0.968. The number of hydrogen-bond donors (Lipinski definition) is 0. The molecule has 0 saturated carbocycles. The van der Waals surface area contributed by atoms with E-state index in [-0.39, 0.29) is 6.01 Å². The van der Waals surface area contributed by atoms with Gasteiger partial charge in [0, 0.05) is 49.1 Å². The number of methoxy groups -OCH3 is 2. The Kier molecular flexibility index (Phi) is 11.5. The van der Waals surface area contributed by atoms with Crippen molar-refractivity contribution in [3.8, 4) is 29.1 Å². The van der Waals surface area contributed by atoms with Gasteiger partial charge >= 0.3 is 6.01 Å². The van der Waals surface area contributed by atoms with Gasteiger partial charge in [-0.3, -0.25) is 4.79 Å².